The lowest BCUT2D eigenvalue weighted by Gasteiger charge is -2.37. The number of hydrogen-bond acceptors (Lipinski definition) is 4. The van der Waals surface area contributed by atoms with E-state index in [4.69, 9.17) is 4.74 Å². The molecule has 2 aliphatic rings. The fourth-order valence-corrected chi connectivity index (χ4v) is 3.87. The third kappa shape index (κ3) is 2.95. The second kappa shape index (κ2) is 6.95. The maximum atomic E-state index is 13.4. The number of ketones is 1. The number of carbonyl (C=O) groups excluding carboxylic acids is 2. The third-order valence-electron chi connectivity index (χ3n) is 5.53. The van der Waals surface area contributed by atoms with E-state index in [2.05, 4.69) is 0 Å². The summed E-state index contributed by atoms with van der Waals surface area (Å²) in [4.78, 5) is 28.2. The molecule has 146 valence electrons. The number of ether oxygens (including phenoxy) is 1. The monoisotopic (exact) mass is 389 g/mol. The molecule has 2 aromatic carbocycles. The lowest BCUT2D eigenvalue weighted by molar-refractivity contribution is -0.126. The van der Waals surface area contributed by atoms with Gasteiger partial charge in [-0.25, -0.2) is 0 Å². The van der Waals surface area contributed by atoms with Crippen LogP contribution < -0.4 is 0 Å². The highest BCUT2D eigenvalue weighted by atomic mass is 18.2. The van der Waals surface area contributed by atoms with Crippen molar-refractivity contribution in [3.8, 4) is 0 Å². The van der Waals surface area contributed by atoms with Gasteiger partial charge in [0.1, 0.15) is 5.54 Å². The van der Waals surface area contributed by atoms with Crippen molar-refractivity contribution in [2.45, 2.75) is 11.3 Å². The molecule has 5 nitrogen and oxygen atoms in total. The van der Waals surface area contributed by atoms with Crippen molar-refractivity contribution in [3.63, 3.8) is 0 Å². The highest BCUT2D eigenvalue weighted by Crippen LogP contribution is 2.46. The molecule has 1 heterocycles. The van der Waals surface area contributed by atoms with Gasteiger partial charge in [0.25, 0.3) is 5.91 Å². The van der Waals surface area contributed by atoms with Crippen LogP contribution in [0.15, 0.2) is 90.5 Å². The number of aliphatic hydroxyl groups is 1. The first-order valence-corrected chi connectivity index (χ1v) is 9.28. The molecule has 5 heteroatoms. The van der Waals surface area contributed by atoms with E-state index in [-0.39, 0.29) is 17.3 Å². The molecule has 0 saturated heterocycles. The van der Waals surface area contributed by atoms with Crippen molar-refractivity contribution in [2.24, 2.45) is 0 Å². The van der Waals surface area contributed by atoms with Gasteiger partial charge in [-0.1, -0.05) is 60.7 Å². The maximum Gasteiger partial charge on any atom is 0.259 e. The molecule has 0 saturated carbocycles. The first-order chi connectivity index (χ1) is 13.9. The fraction of sp³-hybridized carbons (Fsp3) is 0.167. The second-order valence-corrected chi connectivity index (χ2v) is 7.12. The molecule has 0 fully saturated rings. The second-order valence-electron chi connectivity index (χ2n) is 7.12. The molecule has 1 amide bonds. The van der Waals surface area contributed by atoms with Crippen LogP contribution >= 0.6 is 0 Å². The van der Waals surface area contributed by atoms with E-state index < -0.39 is 11.3 Å². The SMILES string of the molecule is COC1([18OH])C=CC2(C=C1)C(c1ccccc1)=C(C(=O)c1ccccc1)C(=O)N2C. The largest absolute Gasteiger partial charge is 0.359 e. The predicted molar refractivity (Wildman–Crippen MR) is 110 cm³/mol. The van der Waals surface area contributed by atoms with Crippen LogP contribution in [0.1, 0.15) is 15.9 Å². The molecular weight excluding hydrogens is 368 g/mol. The summed E-state index contributed by atoms with van der Waals surface area (Å²) in [6.07, 6.45) is 6.41. The highest BCUT2D eigenvalue weighted by molar-refractivity contribution is 6.33. The van der Waals surface area contributed by atoms with Crippen molar-refractivity contribution in [1.29, 1.82) is 0 Å². The van der Waals surface area contributed by atoms with Gasteiger partial charge in [0, 0.05) is 25.3 Å². The van der Waals surface area contributed by atoms with E-state index in [1.807, 2.05) is 36.4 Å². The molecular formula is C24H21NO4. The van der Waals surface area contributed by atoms with Crippen LogP contribution in [-0.2, 0) is 9.53 Å². The molecule has 0 unspecified atom stereocenters. The highest BCUT2D eigenvalue weighted by Gasteiger charge is 2.51. The average Bonchev–Trinajstić information content (AvgIpc) is 2.98. The average molecular weight is 389 g/mol. The molecule has 29 heavy (non-hydrogen) atoms. The lowest BCUT2D eigenvalue weighted by Crippen LogP contribution is -2.45. The Morgan fingerprint density at radius 3 is 2.03 bits per heavy atom. The van der Waals surface area contributed by atoms with E-state index >= 15 is 0 Å². The van der Waals surface area contributed by atoms with E-state index in [1.165, 1.54) is 24.2 Å². The third-order valence-corrected chi connectivity index (χ3v) is 5.53. The summed E-state index contributed by atoms with van der Waals surface area (Å²) < 4.78 is 5.12. The van der Waals surface area contributed by atoms with Gasteiger partial charge in [-0.05, 0) is 29.9 Å². The Morgan fingerprint density at radius 1 is 0.931 bits per heavy atom. The minimum atomic E-state index is -1.55. The Kier molecular flexibility index (Phi) is 4.57. The Bertz CT molecular complexity index is 1040. The first kappa shape index (κ1) is 19.1. The van der Waals surface area contributed by atoms with Crippen LogP contribution in [0.4, 0.5) is 0 Å². The first-order valence-electron chi connectivity index (χ1n) is 9.28. The molecule has 0 aromatic heterocycles. The van der Waals surface area contributed by atoms with Crippen molar-refractivity contribution >= 4 is 17.3 Å². The minimum Gasteiger partial charge on any atom is -0.359 e. The normalized spacial score (nSPS) is 25.9. The van der Waals surface area contributed by atoms with Gasteiger partial charge in [-0.15, -0.1) is 0 Å². The van der Waals surface area contributed by atoms with Gasteiger partial charge in [-0.3, -0.25) is 9.59 Å². The van der Waals surface area contributed by atoms with Gasteiger partial charge in [0.15, 0.2) is 5.78 Å². The van der Waals surface area contributed by atoms with Crippen molar-refractivity contribution in [3.05, 3.63) is 102 Å². The van der Waals surface area contributed by atoms with E-state index in [1.54, 1.807) is 43.5 Å². The molecule has 1 aliphatic heterocycles. The Balaban J connectivity index is 1.97. The van der Waals surface area contributed by atoms with Gasteiger partial charge >= 0.3 is 0 Å². The van der Waals surface area contributed by atoms with E-state index in [0.717, 1.165) is 5.56 Å². The van der Waals surface area contributed by atoms with E-state index in [0.29, 0.717) is 11.1 Å². The summed E-state index contributed by atoms with van der Waals surface area (Å²) >= 11 is 0. The van der Waals surface area contributed by atoms with Crippen molar-refractivity contribution < 1.29 is 19.4 Å². The Morgan fingerprint density at radius 2 is 1.48 bits per heavy atom. The van der Waals surface area contributed by atoms with Crippen LogP contribution in [0, 0.1) is 0 Å². The smallest absolute Gasteiger partial charge is 0.259 e. The zero-order valence-electron chi connectivity index (χ0n) is 16.2. The molecule has 0 bridgehead atoms. The number of rotatable bonds is 4. The number of methoxy groups -OCH3 is 1. The Labute approximate surface area is 169 Å². The van der Waals surface area contributed by atoms with Gasteiger partial charge in [0.2, 0.25) is 5.79 Å². The fourth-order valence-electron chi connectivity index (χ4n) is 3.87. The standard InChI is InChI=1S/C24H21NO4/c1-25-22(27)19(21(26)18-11-7-4-8-12-18)20(17-9-5-3-6-10-17)23(25)13-15-24(28,29-2)16-14-23/h3-16,28H,1-2H3/i28+2. The number of carbonyl (C=O) groups is 2. The van der Waals surface area contributed by atoms with Crippen LogP contribution in [0.3, 0.4) is 0 Å². The van der Waals surface area contributed by atoms with Gasteiger partial charge < -0.3 is 14.7 Å². The summed E-state index contributed by atoms with van der Waals surface area (Å²) in [5.74, 6) is -2.24. The molecule has 4 rings (SSSR count). The van der Waals surface area contributed by atoms with Crippen LogP contribution in [-0.4, -0.2) is 47.2 Å². The summed E-state index contributed by atoms with van der Waals surface area (Å²) in [5.41, 5.74) is 0.934. The van der Waals surface area contributed by atoms with Crippen molar-refractivity contribution in [1.82, 2.24) is 4.90 Å². The summed E-state index contributed by atoms with van der Waals surface area (Å²) in [7, 11) is 3.05. The zero-order valence-corrected chi connectivity index (χ0v) is 16.2. The van der Waals surface area contributed by atoms with Crippen molar-refractivity contribution in [2.75, 3.05) is 14.2 Å². The van der Waals surface area contributed by atoms with Gasteiger partial charge in [-0.2, -0.15) is 0 Å². The van der Waals surface area contributed by atoms with Crippen LogP contribution in [0.25, 0.3) is 5.57 Å². The summed E-state index contributed by atoms with van der Waals surface area (Å²) in [6.45, 7) is 0. The van der Waals surface area contributed by atoms with Crippen LogP contribution in [0.2, 0.25) is 0 Å². The number of hydrogen-bond donors (Lipinski definition) is 1. The number of amides is 1. The zero-order chi connectivity index (χ0) is 20.6. The summed E-state index contributed by atoms with van der Waals surface area (Å²) in [6, 6.07) is 18.1. The summed E-state index contributed by atoms with van der Waals surface area (Å²) in [5, 5.41) is 10.4. The molecule has 1 N–H and O–H groups in total. The molecule has 2 aromatic rings. The molecule has 0 radical (unpaired) electrons. The minimum absolute atomic E-state index is 0.127. The topological polar surface area (TPSA) is 66.8 Å². The number of Topliss-reactive ketones (excluding diaryl/α,β-unsaturated/α-hetero) is 1. The van der Waals surface area contributed by atoms with Gasteiger partial charge in [0.05, 0.1) is 5.57 Å². The quantitative estimate of drug-likeness (QED) is 0.287. The lowest BCUT2D eigenvalue weighted by atomic mass is 9.80. The number of likely N-dealkylation sites (N-methyl/N-ethyl adjacent to an activating group) is 1. The maximum absolute atomic E-state index is 13.4. The molecule has 1 aliphatic carbocycles. The Hall–Kier alpha value is -3.28. The van der Waals surface area contributed by atoms with E-state index in [9.17, 15) is 14.7 Å². The molecule has 1 spiro atoms. The number of nitrogens with zero attached hydrogens (tertiary/aromatic N) is 1. The van der Waals surface area contributed by atoms with Crippen LogP contribution in [0.5, 0.6) is 0 Å². The number of benzene rings is 2. The predicted octanol–water partition coefficient (Wildman–Crippen LogP) is 2.99. The molecule has 0 atom stereocenters.